The molecule has 0 radical (unpaired) electrons. The number of carbonyl (C=O) groups is 1. The molecule has 0 aliphatic carbocycles. The Morgan fingerprint density at radius 3 is 2.33 bits per heavy atom. The SMILES string of the molecule is COc1cccc(CS(=O)(=O)c2ccccc2)c1C(=O)O. The third-order valence-corrected chi connectivity index (χ3v) is 4.68. The maximum Gasteiger partial charge on any atom is 0.339 e. The summed E-state index contributed by atoms with van der Waals surface area (Å²) >= 11 is 0. The van der Waals surface area contributed by atoms with E-state index in [1.807, 2.05) is 0 Å². The molecule has 0 amide bonds. The van der Waals surface area contributed by atoms with Crippen LogP contribution in [0.2, 0.25) is 0 Å². The monoisotopic (exact) mass is 306 g/mol. The predicted molar refractivity (Wildman–Crippen MR) is 77.3 cm³/mol. The Labute approximate surface area is 122 Å². The first-order valence-electron chi connectivity index (χ1n) is 6.12. The van der Waals surface area contributed by atoms with E-state index in [1.165, 1.54) is 31.4 Å². The van der Waals surface area contributed by atoms with Gasteiger partial charge in [-0.05, 0) is 23.8 Å². The lowest BCUT2D eigenvalue weighted by Gasteiger charge is -2.11. The van der Waals surface area contributed by atoms with Gasteiger partial charge in [-0.2, -0.15) is 0 Å². The number of methoxy groups -OCH3 is 1. The molecule has 0 saturated carbocycles. The van der Waals surface area contributed by atoms with Gasteiger partial charge in [-0.25, -0.2) is 13.2 Å². The van der Waals surface area contributed by atoms with Crippen LogP contribution in [-0.2, 0) is 15.6 Å². The van der Waals surface area contributed by atoms with Gasteiger partial charge in [0.1, 0.15) is 11.3 Å². The van der Waals surface area contributed by atoms with Gasteiger partial charge in [0.15, 0.2) is 9.84 Å². The second-order valence-corrected chi connectivity index (χ2v) is 6.36. The van der Waals surface area contributed by atoms with Gasteiger partial charge in [0.25, 0.3) is 0 Å². The number of aromatic carboxylic acids is 1. The van der Waals surface area contributed by atoms with E-state index in [0.29, 0.717) is 0 Å². The Bertz CT molecular complexity index is 751. The quantitative estimate of drug-likeness (QED) is 0.917. The fourth-order valence-electron chi connectivity index (χ4n) is 2.03. The highest BCUT2D eigenvalue weighted by molar-refractivity contribution is 7.90. The van der Waals surface area contributed by atoms with Crippen LogP contribution in [-0.4, -0.2) is 26.6 Å². The Morgan fingerprint density at radius 2 is 1.76 bits per heavy atom. The Hall–Kier alpha value is -2.34. The number of ether oxygens (including phenoxy) is 1. The molecule has 21 heavy (non-hydrogen) atoms. The van der Waals surface area contributed by atoms with Gasteiger partial charge in [-0.1, -0.05) is 30.3 Å². The molecule has 1 N–H and O–H groups in total. The second kappa shape index (κ2) is 5.97. The molecule has 2 aromatic rings. The molecular weight excluding hydrogens is 292 g/mol. The summed E-state index contributed by atoms with van der Waals surface area (Å²) in [5, 5.41) is 9.27. The Balaban J connectivity index is 2.47. The van der Waals surface area contributed by atoms with Crippen molar-refractivity contribution in [3.05, 3.63) is 59.7 Å². The summed E-state index contributed by atoms with van der Waals surface area (Å²) in [4.78, 5) is 11.5. The zero-order valence-corrected chi connectivity index (χ0v) is 12.1. The van der Waals surface area contributed by atoms with Crippen molar-refractivity contribution in [3.8, 4) is 5.75 Å². The molecule has 2 rings (SSSR count). The molecule has 0 atom stereocenters. The summed E-state index contributed by atoms with van der Waals surface area (Å²) in [7, 11) is -2.27. The minimum absolute atomic E-state index is 0.125. The van der Waals surface area contributed by atoms with Crippen LogP contribution in [0.1, 0.15) is 15.9 Å². The van der Waals surface area contributed by atoms with Crippen molar-refractivity contribution in [1.29, 1.82) is 0 Å². The smallest absolute Gasteiger partial charge is 0.339 e. The topological polar surface area (TPSA) is 80.7 Å². The maximum atomic E-state index is 12.3. The summed E-state index contributed by atoms with van der Waals surface area (Å²) < 4.78 is 29.7. The van der Waals surface area contributed by atoms with Crippen LogP contribution in [0.4, 0.5) is 0 Å². The molecule has 5 nitrogen and oxygen atoms in total. The van der Waals surface area contributed by atoms with Gasteiger partial charge in [-0.15, -0.1) is 0 Å². The van der Waals surface area contributed by atoms with E-state index in [-0.39, 0.29) is 21.8 Å². The molecule has 0 spiro atoms. The minimum Gasteiger partial charge on any atom is -0.496 e. The summed E-state index contributed by atoms with van der Waals surface area (Å²) in [6, 6.07) is 12.5. The van der Waals surface area contributed by atoms with E-state index in [0.717, 1.165) is 0 Å². The summed E-state index contributed by atoms with van der Waals surface area (Å²) in [6.07, 6.45) is 0. The third kappa shape index (κ3) is 3.22. The van der Waals surface area contributed by atoms with E-state index >= 15 is 0 Å². The average Bonchev–Trinajstić information content (AvgIpc) is 2.47. The van der Waals surface area contributed by atoms with Crippen molar-refractivity contribution in [2.24, 2.45) is 0 Å². The number of benzene rings is 2. The van der Waals surface area contributed by atoms with Gasteiger partial charge >= 0.3 is 5.97 Å². The lowest BCUT2D eigenvalue weighted by atomic mass is 10.1. The van der Waals surface area contributed by atoms with E-state index in [9.17, 15) is 18.3 Å². The van der Waals surface area contributed by atoms with Crippen LogP contribution in [0.3, 0.4) is 0 Å². The molecule has 0 aliphatic heterocycles. The molecule has 0 unspecified atom stereocenters. The van der Waals surface area contributed by atoms with Crippen molar-refractivity contribution in [2.75, 3.05) is 7.11 Å². The first kappa shape index (κ1) is 15.1. The Kier molecular flexibility index (Phi) is 4.28. The number of carboxylic acids is 1. The first-order chi connectivity index (χ1) is 9.95. The average molecular weight is 306 g/mol. The normalized spacial score (nSPS) is 11.1. The lowest BCUT2D eigenvalue weighted by Crippen LogP contribution is -2.11. The third-order valence-electron chi connectivity index (χ3n) is 2.99. The number of sulfone groups is 1. The van der Waals surface area contributed by atoms with Crippen molar-refractivity contribution in [2.45, 2.75) is 10.6 Å². The number of carboxylic acid groups (broad SMARTS) is 1. The van der Waals surface area contributed by atoms with Crippen LogP contribution < -0.4 is 4.74 Å². The van der Waals surface area contributed by atoms with E-state index in [2.05, 4.69) is 0 Å². The van der Waals surface area contributed by atoms with Gasteiger partial charge in [0, 0.05) is 0 Å². The fourth-order valence-corrected chi connectivity index (χ4v) is 3.41. The summed E-state index contributed by atoms with van der Waals surface area (Å²) in [6.45, 7) is 0. The Morgan fingerprint density at radius 1 is 1.10 bits per heavy atom. The zero-order valence-electron chi connectivity index (χ0n) is 11.3. The molecule has 110 valence electrons. The minimum atomic E-state index is -3.61. The standard InChI is InChI=1S/C15H14O5S/c1-20-13-9-5-6-11(14(13)15(16)17)10-21(18,19)12-7-3-2-4-8-12/h2-9H,10H2,1H3,(H,16,17). The molecule has 6 heteroatoms. The molecule has 0 saturated heterocycles. The van der Waals surface area contributed by atoms with Crippen LogP contribution in [0.15, 0.2) is 53.4 Å². The van der Waals surface area contributed by atoms with E-state index in [1.54, 1.807) is 24.3 Å². The largest absolute Gasteiger partial charge is 0.496 e. The van der Waals surface area contributed by atoms with Gasteiger partial charge in [-0.3, -0.25) is 0 Å². The number of hydrogen-bond donors (Lipinski definition) is 1. The highest BCUT2D eigenvalue weighted by Gasteiger charge is 2.22. The molecule has 0 aromatic heterocycles. The van der Waals surface area contributed by atoms with Crippen LogP contribution >= 0.6 is 0 Å². The molecular formula is C15H14O5S. The van der Waals surface area contributed by atoms with Crippen LogP contribution in [0.5, 0.6) is 5.75 Å². The van der Waals surface area contributed by atoms with Crippen molar-refractivity contribution >= 4 is 15.8 Å². The van der Waals surface area contributed by atoms with Gasteiger partial charge < -0.3 is 9.84 Å². The first-order valence-corrected chi connectivity index (χ1v) is 7.78. The fraction of sp³-hybridized carbons (Fsp3) is 0.133. The molecule has 0 aliphatic rings. The van der Waals surface area contributed by atoms with Crippen molar-refractivity contribution < 1.29 is 23.1 Å². The maximum absolute atomic E-state index is 12.3. The van der Waals surface area contributed by atoms with Crippen molar-refractivity contribution in [3.63, 3.8) is 0 Å². The summed E-state index contributed by atoms with van der Waals surface area (Å²) in [5.41, 5.74) is 0.0743. The highest BCUT2D eigenvalue weighted by atomic mass is 32.2. The van der Waals surface area contributed by atoms with Crippen LogP contribution in [0.25, 0.3) is 0 Å². The van der Waals surface area contributed by atoms with Crippen molar-refractivity contribution in [1.82, 2.24) is 0 Å². The number of rotatable bonds is 5. The summed E-state index contributed by atoms with van der Waals surface area (Å²) in [5.74, 6) is -1.47. The molecule has 0 bridgehead atoms. The van der Waals surface area contributed by atoms with E-state index < -0.39 is 21.6 Å². The van der Waals surface area contributed by atoms with Gasteiger partial charge in [0.2, 0.25) is 0 Å². The molecule has 0 fully saturated rings. The molecule has 0 heterocycles. The second-order valence-electron chi connectivity index (χ2n) is 4.37. The van der Waals surface area contributed by atoms with Gasteiger partial charge in [0.05, 0.1) is 17.8 Å². The van der Waals surface area contributed by atoms with Crippen LogP contribution in [0, 0.1) is 0 Å². The lowest BCUT2D eigenvalue weighted by molar-refractivity contribution is 0.0692. The number of hydrogen-bond acceptors (Lipinski definition) is 4. The zero-order chi connectivity index (χ0) is 15.5. The molecule has 2 aromatic carbocycles. The van der Waals surface area contributed by atoms with E-state index in [4.69, 9.17) is 4.74 Å². The predicted octanol–water partition coefficient (Wildman–Crippen LogP) is 2.37. The highest BCUT2D eigenvalue weighted by Crippen LogP contribution is 2.25.